The van der Waals surface area contributed by atoms with Crippen molar-refractivity contribution < 1.29 is 14.3 Å². The molecule has 0 spiro atoms. The topological polar surface area (TPSA) is 80.6 Å². The number of ether oxygens (including phenoxy) is 1. The Hall–Kier alpha value is -3.09. The monoisotopic (exact) mass is 395 g/mol. The molecule has 0 unspecified atom stereocenters. The van der Waals surface area contributed by atoms with Crippen molar-refractivity contribution >= 4 is 17.7 Å². The Morgan fingerprint density at radius 1 is 1.10 bits per heavy atom. The number of fused-ring (bicyclic) bond motifs is 4. The Morgan fingerprint density at radius 2 is 1.90 bits per heavy atom. The highest BCUT2D eigenvalue weighted by molar-refractivity contribution is 5.89. The number of carbonyl (C=O) groups is 2. The van der Waals surface area contributed by atoms with Gasteiger partial charge in [0.2, 0.25) is 0 Å². The Labute approximate surface area is 169 Å². The number of anilines is 1. The summed E-state index contributed by atoms with van der Waals surface area (Å²) in [5.74, 6) is 0.219. The summed E-state index contributed by atoms with van der Waals surface area (Å²) >= 11 is 0. The fourth-order valence-electron chi connectivity index (χ4n) is 4.35. The molecule has 2 aliphatic heterocycles. The number of amides is 2. The van der Waals surface area contributed by atoms with Crippen LogP contribution in [0, 0.1) is 5.92 Å². The van der Waals surface area contributed by atoms with E-state index in [9.17, 15) is 14.4 Å². The van der Waals surface area contributed by atoms with Crippen LogP contribution in [0.15, 0.2) is 47.3 Å². The summed E-state index contributed by atoms with van der Waals surface area (Å²) in [5.41, 5.74) is 2.60. The minimum absolute atomic E-state index is 0.0398. The molecule has 1 aromatic heterocycles. The van der Waals surface area contributed by atoms with Gasteiger partial charge in [0.25, 0.3) is 5.56 Å². The van der Waals surface area contributed by atoms with Gasteiger partial charge in [-0.3, -0.25) is 9.59 Å². The summed E-state index contributed by atoms with van der Waals surface area (Å²) in [4.78, 5) is 38.3. The summed E-state index contributed by atoms with van der Waals surface area (Å²) in [5, 5.41) is 2.94. The number of hydrogen-bond donors (Lipinski definition) is 1. The third kappa shape index (κ3) is 4.18. The second-order valence-electron chi connectivity index (χ2n) is 7.71. The molecule has 3 heterocycles. The predicted octanol–water partition coefficient (Wildman–Crippen LogP) is 2.61. The summed E-state index contributed by atoms with van der Waals surface area (Å²) in [7, 11) is 0. The van der Waals surface area contributed by atoms with Crippen LogP contribution in [0.1, 0.15) is 30.5 Å². The van der Waals surface area contributed by atoms with Gasteiger partial charge in [-0.05, 0) is 43.0 Å². The zero-order valence-corrected chi connectivity index (χ0v) is 16.5. The Morgan fingerprint density at radius 3 is 2.66 bits per heavy atom. The number of nitrogens with one attached hydrogen (secondary N) is 1. The molecule has 1 N–H and O–H groups in total. The van der Waals surface area contributed by atoms with E-state index in [0.717, 1.165) is 17.7 Å². The minimum Gasteiger partial charge on any atom is -0.466 e. The SMILES string of the molecule is CCOC(=O)Cc1ccc(NC(=O)N2C[C@H]3C[C@H](C2)c2cccc(=O)n2C3)cc1. The van der Waals surface area contributed by atoms with E-state index in [0.29, 0.717) is 37.8 Å². The largest absolute Gasteiger partial charge is 0.466 e. The van der Waals surface area contributed by atoms with Gasteiger partial charge in [-0.2, -0.15) is 0 Å². The molecule has 0 aliphatic carbocycles. The predicted molar refractivity (Wildman–Crippen MR) is 109 cm³/mol. The molecule has 2 atom stereocenters. The number of carbonyl (C=O) groups excluding carboxylic acids is 2. The number of likely N-dealkylation sites (tertiary alicyclic amines) is 1. The molecule has 0 radical (unpaired) electrons. The van der Waals surface area contributed by atoms with Gasteiger partial charge in [0, 0.05) is 43.0 Å². The molecule has 7 heteroatoms. The van der Waals surface area contributed by atoms with Gasteiger partial charge in [-0.1, -0.05) is 18.2 Å². The number of benzene rings is 1. The Bertz CT molecular complexity index is 967. The van der Waals surface area contributed by atoms with Crippen LogP contribution in [0.5, 0.6) is 0 Å². The lowest BCUT2D eigenvalue weighted by molar-refractivity contribution is -0.142. The van der Waals surface area contributed by atoms with E-state index in [1.807, 2.05) is 27.7 Å². The number of nitrogens with zero attached hydrogens (tertiary/aromatic N) is 2. The molecule has 7 nitrogen and oxygen atoms in total. The fourth-order valence-corrected chi connectivity index (χ4v) is 4.35. The molecule has 1 saturated heterocycles. The van der Waals surface area contributed by atoms with Crippen molar-refractivity contribution in [2.75, 3.05) is 25.0 Å². The number of rotatable bonds is 4. The minimum atomic E-state index is -0.261. The number of piperidine rings is 1. The van der Waals surface area contributed by atoms with Crippen molar-refractivity contribution in [2.24, 2.45) is 5.92 Å². The third-order valence-electron chi connectivity index (χ3n) is 5.63. The van der Waals surface area contributed by atoms with Gasteiger partial charge in [0.05, 0.1) is 13.0 Å². The molecular weight excluding hydrogens is 370 g/mol. The molecule has 2 bridgehead atoms. The van der Waals surface area contributed by atoms with E-state index in [2.05, 4.69) is 5.32 Å². The second kappa shape index (κ2) is 8.11. The molecule has 29 heavy (non-hydrogen) atoms. The molecule has 1 aromatic carbocycles. The fraction of sp³-hybridized carbons (Fsp3) is 0.409. The van der Waals surface area contributed by atoms with Crippen LogP contribution in [-0.4, -0.2) is 41.2 Å². The average molecular weight is 395 g/mol. The van der Waals surface area contributed by atoms with Crippen molar-refractivity contribution in [2.45, 2.75) is 32.2 Å². The van der Waals surface area contributed by atoms with E-state index in [1.54, 1.807) is 31.2 Å². The van der Waals surface area contributed by atoms with Crippen molar-refractivity contribution in [1.29, 1.82) is 0 Å². The van der Waals surface area contributed by atoms with E-state index in [-0.39, 0.29) is 29.9 Å². The van der Waals surface area contributed by atoms with E-state index >= 15 is 0 Å². The normalized spacial score (nSPS) is 20.0. The van der Waals surface area contributed by atoms with E-state index in [4.69, 9.17) is 4.74 Å². The summed E-state index contributed by atoms with van der Waals surface area (Å²) < 4.78 is 6.81. The van der Waals surface area contributed by atoms with Crippen molar-refractivity contribution in [3.63, 3.8) is 0 Å². The first-order valence-electron chi connectivity index (χ1n) is 10.0. The highest BCUT2D eigenvalue weighted by atomic mass is 16.5. The maximum absolute atomic E-state index is 12.8. The van der Waals surface area contributed by atoms with Crippen molar-refractivity contribution in [3.8, 4) is 0 Å². The first kappa shape index (κ1) is 19.2. The lowest BCUT2D eigenvalue weighted by Crippen LogP contribution is -2.50. The Balaban J connectivity index is 1.40. The molecule has 0 saturated carbocycles. The van der Waals surface area contributed by atoms with Crippen LogP contribution >= 0.6 is 0 Å². The third-order valence-corrected chi connectivity index (χ3v) is 5.63. The van der Waals surface area contributed by atoms with Crippen LogP contribution in [0.3, 0.4) is 0 Å². The van der Waals surface area contributed by atoms with Crippen LogP contribution in [0.4, 0.5) is 10.5 Å². The molecular formula is C22H25N3O4. The number of urea groups is 1. The molecule has 1 fully saturated rings. The van der Waals surface area contributed by atoms with E-state index in [1.165, 1.54) is 0 Å². The lowest BCUT2D eigenvalue weighted by Gasteiger charge is -2.42. The van der Waals surface area contributed by atoms with Crippen LogP contribution < -0.4 is 10.9 Å². The molecule has 152 valence electrons. The average Bonchev–Trinajstić information content (AvgIpc) is 2.70. The maximum Gasteiger partial charge on any atom is 0.321 e. The number of aromatic nitrogens is 1. The van der Waals surface area contributed by atoms with Gasteiger partial charge in [0.1, 0.15) is 0 Å². The first-order valence-corrected chi connectivity index (χ1v) is 10.0. The number of pyridine rings is 1. The molecule has 2 aromatic rings. The van der Waals surface area contributed by atoms with Crippen LogP contribution in [-0.2, 0) is 22.5 Å². The lowest BCUT2D eigenvalue weighted by atomic mass is 9.83. The highest BCUT2D eigenvalue weighted by Crippen LogP contribution is 2.35. The number of esters is 1. The van der Waals surface area contributed by atoms with Crippen LogP contribution in [0.25, 0.3) is 0 Å². The zero-order valence-electron chi connectivity index (χ0n) is 16.5. The summed E-state index contributed by atoms with van der Waals surface area (Å²) in [6.07, 6.45) is 1.23. The first-order chi connectivity index (χ1) is 14.0. The van der Waals surface area contributed by atoms with E-state index < -0.39 is 0 Å². The smallest absolute Gasteiger partial charge is 0.321 e. The van der Waals surface area contributed by atoms with Crippen molar-refractivity contribution in [3.05, 3.63) is 64.1 Å². The van der Waals surface area contributed by atoms with Crippen molar-refractivity contribution in [1.82, 2.24) is 9.47 Å². The van der Waals surface area contributed by atoms with Gasteiger partial charge in [-0.25, -0.2) is 4.79 Å². The van der Waals surface area contributed by atoms with Gasteiger partial charge in [-0.15, -0.1) is 0 Å². The van der Waals surface area contributed by atoms with Gasteiger partial charge >= 0.3 is 12.0 Å². The van der Waals surface area contributed by atoms with Crippen LogP contribution in [0.2, 0.25) is 0 Å². The Kier molecular flexibility index (Phi) is 5.38. The zero-order chi connectivity index (χ0) is 20.4. The standard InChI is InChI=1S/C22H25N3O4/c1-2-29-21(27)11-15-6-8-18(9-7-15)23-22(28)24-12-16-10-17(14-24)19-4-3-5-20(26)25(19)13-16/h3-9,16-17H,2,10-14H2,1H3,(H,23,28)/t16-,17-/m1/s1. The van der Waals surface area contributed by atoms with Gasteiger partial charge in [0.15, 0.2) is 0 Å². The molecule has 2 aliphatic rings. The summed E-state index contributed by atoms with van der Waals surface area (Å²) in [6.45, 7) is 4.06. The number of hydrogen-bond acceptors (Lipinski definition) is 4. The maximum atomic E-state index is 12.8. The molecule has 2 amide bonds. The molecule has 4 rings (SSSR count). The second-order valence-corrected chi connectivity index (χ2v) is 7.71. The van der Waals surface area contributed by atoms with Gasteiger partial charge < -0.3 is 19.5 Å². The highest BCUT2D eigenvalue weighted by Gasteiger charge is 2.36. The quantitative estimate of drug-likeness (QED) is 0.807. The summed E-state index contributed by atoms with van der Waals surface area (Å²) in [6, 6.07) is 12.5.